The number of amides is 1. The molecule has 0 radical (unpaired) electrons. The average molecular weight is 364 g/mol. The molecule has 0 saturated heterocycles. The van der Waals surface area contributed by atoms with Gasteiger partial charge in [-0.15, -0.1) is 0 Å². The zero-order valence-corrected chi connectivity index (χ0v) is 15.9. The van der Waals surface area contributed by atoms with Crippen molar-refractivity contribution in [3.8, 4) is 5.75 Å². The molecule has 0 aliphatic carbocycles. The van der Waals surface area contributed by atoms with E-state index in [1.54, 1.807) is 7.11 Å². The fraction of sp³-hybridized carbons (Fsp3) is 0.273. The van der Waals surface area contributed by atoms with Crippen molar-refractivity contribution in [2.45, 2.75) is 33.2 Å². The SMILES string of the molecule is COc1ccc(CNC(=O)CCc2cc3cc(C)cc(C)c3[nH]c2=O)cc1. The van der Waals surface area contributed by atoms with E-state index in [0.29, 0.717) is 18.5 Å². The minimum atomic E-state index is -0.127. The van der Waals surface area contributed by atoms with Crippen LogP contribution in [-0.4, -0.2) is 18.0 Å². The first kappa shape index (κ1) is 18.7. The number of nitrogens with one attached hydrogen (secondary N) is 2. The lowest BCUT2D eigenvalue weighted by atomic mass is 10.0. The summed E-state index contributed by atoms with van der Waals surface area (Å²) in [5.41, 5.74) is 4.56. The van der Waals surface area contributed by atoms with E-state index in [0.717, 1.165) is 33.3 Å². The number of H-pyrrole nitrogens is 1. The molecule has 2 N–H and O–H groups in total. The Hall–Kier alpha value is -3.08. The average Bonchev–Trinajstić information content (AvgIpc) is 2.65. The van der Waals surface area contributed by atoms with Crippen LogP contribution in [-0.2, 0) is 17.8 Å². The Kier molecular flexibility index (Phi) is 5.60. The Morgan fingerprint density at radius 2 is 1.85 bits per heavy atom. The molecule has 0 fully saturated rings. The van der Waals surface area contributed by atoms with Gasteiger partial charge in [0.25, 0.3) is 5.56 Å². The quantitative estimate of drug-likeness (QED) is 0.704. The third kappa shape index (κ3) is 4.56. The predicted molar refractivity (Wildman–Crippen MR) is 107 cm³/mol. The van der Waals surface area contributed by atoms with Crippen LogP contribution < -0.4 is 15.6 Å². The second kappa shape index (κ2) is 8.08. The van der Waals surface area contributed by atoms with Crippen LogP contribution in [0.15, 0.2) is 47.3 Å². The summed E-state index contributed by atoms with van der Waals surface area (Å²) in [4.78, 5) is 27.4. The van der Waals surface area contributed by atoms with E-state index >= 15 is 0 Å². The number of hydrogen-bond donors (Lipinski definition) is 2. The highest BCUT2D eigenvalue weighted by Gasteiger charge is 2.08. The fourth-order valence-electron chi connectivity index (χ4n) is 3.20. The van der Waals surface area contributed by atoms with Gasteiger partial charge in [0.15, 0.2) is 0 Å². The van der Waals surface area contributed by atoms with Crippen LogP contribution in [0.5, 0.6) is 5.75 Å². The molecule has 27 heavy (non-hydrogen) atoms. The summed E-state index contributed by atoms with van der Waals surface area (Å²) in [5.74, 6) is 0.705. The lowest BCUT2D eigenvalue weighted by molar-refractivity contribution is -0.121. The minimum Gasteiger partial charge on any atom is -0.497 e. The molecule has 0 aliphatic heterocycles. The van der Waals surface area contributed by atoms with Crippen molar-refractivity contribution >= 4 is 16.8 Å². The van der Waals surface area contributed by atoms with Crippen molar-refractivity contribution in [1.82, 2.24) is 10.3 Å². The number of aryl methyl sites for hydroxylation is 3. The highest BCUT2D eigenvalue weighted by Crippen LogP contribution is 2.18. The molecule has 3 aromatic rings. The van der Waals surface area contributed by atoms with Crippen molar-refractivity contribution in [2.75, 3.05) is 7.11 Å². The number of aromatic amines is 1. The highest BCUT2D eigenvalue weighted by molar-refractivity contribution is 5.83. The number of carbonyl (C=O) groups is 1. The molecule has 140 valence electrons. The molecular weight excluding hydrogens is 340 g/mol. The number of rotatable bonds is 6. The van der Waals surface area contributed by atoms with E-state index in [1.165, 1.54) is 0 Å². The summed E-state index contributed by atoms with van der Waals surface area (Å²) >= 11 is 0. The summed E-state index contributed by atoms with van der Waals surface area (Å²) in [5, 5.41) is 3.89. The van der Waals surface area contributed by atoms with Crippen molar-refractivity contribution in [3.63, 3.8) is 0 Å². The lowest BCUT2D eigenvalue weighted by Crippen LogP contribution is -2.24. The third-order valence-electron chi connectivity index (χ3n) is 4.64. The van der Waals surface area contributed by atoms with E-state index in [4.69, 9.17) is 4.74 Å². The second-order valence-corrected chi connectivity index (χ2v) is 6.79. The van der Waals surface area contributed by atoms with Crippen LogP contribution in [0.2, 0.25) is 0 Å². The number of aromatic nitrogens is 1. The number of ether oxygens (including phenoxy) is 1. The van der Waals surface area contributed by atoms with Crippen molar-refractivity contribution < 1.29 is 9.53 Å². The van der Waals surface area contributed by atoms with Crippen LogP contribution in [0.25, 0.3) is 10.9 Å². The van der Waals surface area contributed by atoms with Gasteiger partial charge in [0.05, 0.1) is 12.6 Å². The van der Waals surface area contributed by atoms with Gasteiger partial charge in [-0.3, -0.25) is 9.59 Å². The molecule has 3 rings (SSSR count). The van der Waals surface area contributed by atoms with E-state index in [9.17, 15) is 9.59 Å². The summed E-state index contributed by atoms with van der Waals surface area (Å²) in [6, 6.07) is 13.5. The molecule has 0 spiro atoms. The smallest absolute Gasteiger partial charge is 0.251 e. The van der Waals surface area contributed by atoms with Gasteiger partial charge in [-0.1, -0.05) is 23.8 Å². The van der Waals surface area contributed by atoms with Gasteiger partial charge < -0.3 is 15.0 Å². The third-order valence-corrected chi connectivity index (χ3v) is 4.64. The van der Waals surface area contributed by atoms with Crippen molar-refractivity contribution in [3.05, 3.63) is 75.1 Å². The summed E-state index contributed by atoms with van der Waals surface area (Å²) < 4.78 is 5.12. The molecule has 2 aromatic carbocycles. The Balaban J connectivity index is 1.62. The fourth-order valence-corrected chi connectivity index (χ4v) is 3.20. The monoisotopic (exact) mass is 364 g/mol. The minimum absolute atomic E-state index is 0.0780. The lowest BCUT2D eigenvalue weighted by Gasteiger charge is -2.08. The molecule has 1 aromatic heterocycles. The number of hydrogen-bond acceptors (Lipinski definition) is 3. The van der Waals surface area contributed by atoms with Gasteiger partial charge in [0.1, 0.15) is 5.75 Å². The zero-order chi connectivity index (χ0) is 19.4. The molecule has 5 heteroatoms. The topological polar surface area (TPSA) is 71.2 Å². The van der Waals surface area contributed by atoms with Crippen molar-refractivity contribution in [1.29, 1.82) is 0 Å². The number of methoxy groups -OCH3 is 1. The maximum Gasteiger partial charge on any atom is 0.251 e. The maximum absolute atomic E-state index is 12.3. The van der Waals surface area contributed by atoms with Gasteiger partial charge >= 0.3 is 0 Å². The van der Waals surface area contributed by atoms with Crippen LogP contribution in [0.1, 0.15) is 28.7 Å². The van der Waals surface area contributed by atoms with Gasteiger partial charge in [-0.05, 0) is 61.0 Å². The molecule has 1 heterocycles. The molecule has 0 atom stereocenters. The standard InChI is InChI=1S/C22H24N2O3/c1-14-10-15(2)21-18(11-14)12-17(22(26)24-21)6-9-20(25)23-13-16-4-7-19(27-3)8-5-16/h4-5,7-8,10-12H,6,9,13H2,1-3H3,(H,23,25)(H,24,26). The Morgan fingerprint density at radius 3 is 2.56 bits per heavy atom. The Bertz CT molecular complexity index is 1020. The first-order valence-corrected chi connectivity index (χ1v) is 8.99. The van der Waals surface area contributed by atoms with Gasteiger partial charge in [0, 0.05) is 18.5 Å². The largest absolute Gasteiger partial charge is 0.497 e. The normalized spacial score (nSPS) is 10.8. The predicted octanol–water partition coefficient (Wildman–Crippen LogP) is 3.40. The molecule has 0 saturated carbocycles. The number of pyridine rings is 1. The van der Waals surface area contributed by atoms with Gasteiger partial charge in [-0.25, -0.2) is 0 Å². The Morgan fingerprint density at radius 1 is 1.11 bits per heavy atom. The first-order chi connectivity index (χ1) is 13.0. The van der Waals surface area contributed by atoms with Crippen LogP contribution >= 0.6 is 0 Å². The molecule has 0 aliphatic rings. The molecule has 5 nitrogen and oxygen atoms in total. The summed E-state index contributed by atoms with van der Waals surface area (Å²) in [6.07, 6.45) is 0.683. The second-order valence-electron chi connectivity index (χ2n) is 6.79. The van der Waals surface area contributed by atoms with Gasteiger partial charge in [0.2, 0.25) is 5.91 Å². The number of fused-ring (bicyclic) bond motifs is 1. The van der Waals surface area contributed by atoms with Crippen molar-refractivity contribution in [2.24, 2.45) is 0 Å². The number of carbonyl (C=O) groups excluding carboxylic acids is 1. The van der Waals surface area contributed by atoms with E-state index in [-0.39, 0.29) is 17.9 Å². The van der Waals surface area contributed by atoms with Crippen LogP contribution in [0.3, 0.4) is 0 Å². The first-order valence-electron chi connectivity index (χ1n) is 8.99. The highest BCUT2D eigenvalue weighted by atomic mass is 16.5. The molecular formula is C22H24N2O3. The zero-order valence-electron chi connectivity index (χ0n) is 15.9. The summed E-state index contributed by atoms with van der Waals surface area (Å²) in [6.45, 7) is 4.47. The summed E-state index contributed by atoms with van der Waals surface area (Å²) in [7, 11) is 1.62. The number of benzene rings is 2. The Labute approximate surface area is 158 Å². The molecule has 0 bridgehead atoms. The van der Waals surface area contributed by atoms with Gasteiger partial charge in [-0.2, -0.15) is 0 Å². The van der Waals surface area contributed by atoms with Crippen LogP contribution in [0, 0.1) is 13.8 Å². The van der Waals surface area contributed by atoms with E-state index < -0.39 is 0 Å². The molecule has 0 unspecified atom stereocenters. The molecule has 1 amide bonds. The van der Waals surface area contributed by atoms with Crippen LogP contribution in [0.4, 0.5) is 0 Å². The van der Waals surface area contributed by atoms with E-state index in [2.05, 4.69) is 10.3 Å². The maximum atomic E-state index is 12.3. The van der Waals surface area contributed by atoms with E-state index in [1.807, 2.05) is 56.3 Å².